The third-order valence-electron chi connectivity index (χ3n) is 3.73. The van der Waals surface area contributed by atoms with E-state index in [9.17, 15) is 0 Å². The molecule has 0 aliphatic rings. The lowest BCUT2D eigenvalue weighted by Crippen LogP contribution is -2.11. The normalized spacial score (nSPS) is 10.3. The number of hydrogen-bond acceptors (Lipinski definition) is 3. The molecule has 0 saturated carbocycles. The zero-order chi connectivity index (χ0) is 17.5. The van der Waals surface area contributed by atoms with Gasteiger partial charge in [0.25, 0.3) is 0 Å². The summed E-state index contributed by atoms with van der Waals surface area (Å²) >= 11 is 0. The zero-order valence-corrected chi connectivity index (χ0v) is 14.7. The third kappa shape index (κ3) is 5.28. The molecule has 0 amide bonds. The SMILES string of the molecule is Cc1cc(C)cc(OCCNc2ccc(Oc3ccccc3)cc2)c1. The molecule has 0 fully saturated rings. The van der Waals surface area contributed by atoms with Gasteiger partial charge in [-0.2, -0.15) is 0 Å². The number of aryl methyl sites for hydroxylation is 2. The van der Waals surface area contributed by atoms with E-state index in [1.807, 2.05) is 54.6 Å². The summed E-state index contributed by atoms with van der Waals surface area (Å²) in [6.45, 7) is 5.52. The molecule has 3 heteroatoms. The van der Waals surface area contributed by atoms with Gasteiger partial charge in [-0.05, 0) is 73.5 Å². The highest BCUT2D eigenvalue weighted by molar-refractivity contribution is 5.47. The Hall–Kier alpha value is -2.94. The molecular formula is C22H23NO2. The molecule has 3 rings (SSSR count). The van der Waals surface area contributed by atoms with Crippen LogP contribution >= 0.6 is 0 Å². The van der Waals surface area contributed by atoms with Crippen LogP contribution in [0.4, 0.5) is 5.69 Å². The number of hydrogen-bond donors (Lipinski definition) is 1. The Kier molecular flexibility index (Phi) is 5.57. The van der Waals surface area contributed by atoms with Gasteiger partial charge in [-0.25, -0.2) is 0 Å². The highest BCUT2D eigenvalue weighted by atomic mass is 16.5. The molecule has 0 spiro atoms. The van der Waals surface area contributed by atoms with Gasteiger partial charge in [-0.3, -0.25) is 0 Å². The van der Waals surface area contributed by atoms with Gasteiger partial charge in [0.2, 0.25) is 0 Å². The van der Waals surface area contributed by atoms with Gasteiger partial charge in [-0.15, -0.1) is 0 Å². The predicted octanol–water partition coefficient (Wildman–Crippen LogP) is 5.59. The van der Waals surface area contributed by atoms with E-state index in [-0.39, 0.29) is 0 Å². The molecular weight excluding hydrogens is 310 g/mol. The first kappa shape index (κ1) is 16.9. The highest BCUT2D eigenvalue weighted by Crippen LogP contribution is 2.22. The molecule has 0 bridgehead atoms. The number of rotatable bonds is 7. The Balaban J connectivity index is 1.45. The maximum Gasteiger partial charge on any atom is 0.127 e. The molecule has 3 aromatic rings. The number of nitrogens with one attached hydrogen (secondary N) is 1. The van der Waals surface area contributed by atoms with Gasteiger partial charge in [0.15, 0.2) is 0 Å². The lowest BCUT2D eigenvalue weighted by molar-refractivity contribution is 0.332. The summed E-state index contributed by atoms with van der Waals surface area (Å²) < 4.78 is 11.6. The van der Waals surface area contributed by atoms with Gasteiger partial charge in [0.05, 0.1) is 0 Å². The van der Waals surface area contributed by atoms with Gasteiger partial charge < -0.3 is 14.8 Å². The Morgan fingerprint density at radius 3 is 2.04 bits per heavy atom. The Bertz CT molecular complexity index is 778. The summed E-state index contributed by atoms with van der Waals surface area (Å²) in [7, 11) is 0. The fraction of sp³-hybridized carbons (Fsp3) is 0.182. The second kappa shape index (κ2) is 8.25. The molecule has 0 aliphatic heterocycles. The number of benzene rings is 3. The smallest absolute Gasteiger partial charge is 0.127 e. The topological polar surface area (TPSA) is 30.5 Å². The highest BCUT2D eigenvalue weighted by Gasteiger charge is 1.99. The van der Waals surface area contributed by atoms with Crippen molar-refractivity contribution < 1.29 is 9.47 Å². The van der Waals surface area contributed by atoms with Crippen molar-refractivity contribution in [3.63, 3.8) is 0 Å². The van der Waals surface area contributed by atoms with Crippen LogP contribution in [0.25, 0.3) is 0 Å². The molecule has 0 aromatic heterocycles. The van der Waals surface area contributed by atoms with E-state index in [1.54, 1.807) is 0 Å². The summed E-state index contributed by atoms with van der Waals surface area (Å²) in [4.78, 5) is 0. The summed E-state index contributed by atoms with van der Waals surface area (Å²) in [6, 6.07) is 24.0. The van der Waals surface area contributed by atoms with Gasteiger partial charge >= 0.3 is 0 Å². The Morgan fingerprint density at radius 1 is 0.720 bits per heavy atom. The quantitative estimate of drug-likeness (QED) is 0.572. The molecule has 0 radical (unpaired) electrons. The Labute approximate surface area is 149 Å². The van der Waals surface area contributed by atoms with Crippen LogP contribution in [-0.2, 0) is 0 Å². The van der Waals surface area contributed by atoms with Crippen LogP contribution in [0, 0.1) is 13.8 Å². The van der Waals surface area contributed by atoms with Crippen molar-refractivity contribution in [1.29, 1.82) is 0 Å². The van der Waals surface area contributed by atoms with Crippen molar-refractivity contribution in [2.24, 2.45) is 0 Å². The second-order valence-corrected chi connectivity index (χ2v) is 6.04. The molecule has 0 unspecified atom stereocenters. The van der Waals surface area contributed by atoms with Crippen LogP contribution < -0.4 is 14.8 Å². The summed E-state index contributed by atoms with van der Waals surface area (Å²) in [6.07, 6.45) is 0. The van der Waals surface area contributed by atoms with E-state index in [2.05, 4.69) is 37.4 Å². The van der Waals surface area contributed by atoms with Crippen molar-refractivity contribution in [3.8, 4) is 17.2 Å². The van der Waals surface area contributed by atoms with Crippen LogP contribution in [0.5, 0.6) is 17.2 Å². The molecule has 0 aliphatic carbocycles. The minimum Gasteiger partial charge on any atom is -0.492 e. The van der Waals surface area contributed by atoms with Gasteiger partial charge in [0, 0.05) is 12.2 Å². The lowest BCUT2D eigenvalue weighted by atomic mass is 10.1. The summed E-state index contributed by atoms with van der Waals surface area (Å²) in [5, 5.41) is 3.35. The average Bonchev–Trinajstić information content (AvgIpc) is 2.60. The van der Waals surface area contributed by atoms with Crippen LogP contribution in [0.3, 0.4) is 0 Å². The van der Waals surface area contributed by atoms with E-state index < -0.39 is 0 Å². The third-order valence-corrected chi connectivity index (χ3v) is 3.73. The van der Waals surface area contributed by atoms with E-state index in [0.717, 1.165) is 29.5 Å². The van der Waals surface area contributed by atoms with Crippen LogP contribution in [0.1, 0.15) is 11.1 Å². The molecule has 1 N–H and O–H groups in total. The average molecular weight is 333 g/mol. The van der Waals surface area contributed by atoms with E-state index in [4.69, 9.17) is 9.47 Å². The fourth-order valence-electron chi connectivity index (χ4n) is 2.65. The summed E-state index contributed by atoms with van der Waals surface area (Å²) in [5.41, 5.74) is 3.48. The first-order valence-corrected chi connectivity index (χ1v) is 8.47. The number of anilines is 1. The van der Waals surface area contributed by atoms with Crippen LogP contribution in [-0.4, -0.2) is 13.2 Å². The second-order valence-electron chi connectivity index (χ2n) is 6.04. The maximum atomic E-state index is 5.80. The first-order valence-electron chi connectivity index (χ1n) is 8.47. The molecule has 25 heavy (non-hydrogen) atoms. The number of para-hydroxylation sites is 1. The van der Waals surface area contributed by atoms with E-state index in [0.29, 0.717) is 6.61 Å². The zero-order valence-electron chi connectivity index (χ0n) is 14.7. The van der Waals surface area contributed by atoms with Crippen molar-refractivity contribution >= 4 is 5.69 Å². The lowest BCUT2D eigenvalue weighted by Gasteiger charge is -2.11. The molecule has 0 atom stereocenters. The number of ether oxygens (including phenoxy) is 2. The molecule has 3 aromatic carbocycles. The maximum absolute atomic E-state index is 5.80. The molecule has 0 saturated heterocycles. The van der Waals surface area contributed by atoms with Gasteiger partial charge in [0.1, 0.15) is 23.9 Å². The van der Waals surface area contributed by atoms with E-state index >= 15 is 0 Å². The Morgan fingerprint density at radius 2 is 1.36 bits per heavy atom. The standard InChI is InChI=1S/C22H23NO2/c1-17-14-18(2)16-22(15-17)24-13-12-23-19-8-10-21(11-9-19)25-20-6-4-3-5-7-20/h3-11,14-16,23H,12-13H2,1-2H3. The first-order chi connectivity index (χ1) is 12.2. The van der Waals surface area contributed by atoms with E-state index in [1.165, 1.54) is 11.1 Å². The van der Waals surface area contributed by atoms with Crippen LogP contribution in [0.15, 0.2) is 72.8 Å². The van der Waals surface area contributed by atoms with Gasteiger partial charge in [-0.1, -0.05) is 24.3 Å². The summed E-state index contributed by atoms with van der Waals surface area (Å²) in [5.74, 6) is 2.58. The van der Waals surface area contributed by atoms with Crippen LogP contribution in [0.2, 0.25) is 0 Å². The molecule has 0 heterocycles. The minimum absolute atomic E-state index is 0.616. The monoisotopic (exact) mass is 333 g/mol. The van der Waals surface area contributed by atoms with Crippen molar-refractivity contribution in [2.75, 3.05) is 18.5 Å². The molecule has 3 nitrogen and oxygen atoms in total. The van der Waals surface area contributed by atoms with Crippen molar-refractivity contribution in [3.05, 3.63) is 83.9 Å². The fourth-order valence-corrected chi connectivity index (χ4v) is 2.65. The molecule has 128 valence electrons. The predicted molar refractivity (Wildman–Crippen MR) is 103 cm³/mol. The largest absolute Gasteiger partial charge is 0.492 e. The van der Waals surface area contributed by atoms with Crippen molar-refractivity contribution in [1.82, 2.24) is 0 Å². The van der Waals surface area contributed by atoms with Crippen molar-refractivity contribution in [2.45, 2.75) is 13.8 Å². The minimum atomic E-state index is 0.616.